The largest absolute Gasteiger partial charge is 0.317 e. The van der Waals surface area contributed by atoms with Crippen molar-refractivity contribution in [1.29, 1.82) is 0 Å². The predicted molar refractivity (Wildman–Crippen MR) is 93.1 cm³/mol. The second-order valence-corrected chi connectivity index (χ2v) is 6.45. The SMILES string of the molecule is Cl.O=c1cc(C2CCNCC2)n2nc3c(F)ccc(Br)c3c2[nH]1. The van der Waals surface area contributed by atoms with Crippen molar-refractivity contribution in [2.24, 2.45) is 0 Å². The quantitative estimate of drug-likeness (QED) is 0.659. The standard InChI is InChI=1S/C15H14BrFN4O.ClH/c16-9-1-2-10(17)14-13(9)15-19-12(22)7-11(21(15)20-14)8-3-5-18-6-4-8;/h1-2,7-8,18H,3-6H2,(H,19,22);1H. The summed E-state index contributed by atoms with van der Waals surface area (Å²) >= 11 is 3.42. The molecule has 1 aliphatic heterocycles. The molecule has 0 aliphatic carbocycles. The van der Waals surface area contributed by atoms with Gasteiger partial charge in [0.1, 0.15) is 11.2 Å². The lowest BCUT2D eigenvalue weighted by molar-refractivity contribution is 0.446. The molecule has 0 unspecified atom stereocenters. The number of nitrogens with one attached hydrogen (secondary N) is 2. The van der Waals surface area contributed by atoms with Gasteiger partial charge in [-0.25, -0.2) is 8.91 Å². The molecule has 23 heavy (non-hydrogen) atoms. The third-order valence-electron chi connectivity index (χ3n) is 4.25. The zero-order valence-corrected chi connectivity index (χ0v) is 14.5. The van der Waals surface area contributed by atoms with Gasteiger partial charge in [0.05, 0.1) is 11.1 Å². The van der Waals surface area contributed by atoms with Gasteiger partial charge in [-0.2, -0.15) is 5.10 Å². The average Bonchev–Trinajstić information content (AvgIpc) is 2.91. The molecule has 0 bridgehead atoms. The van der Waals surface area contributed by atoms with Gasteiger partial charge in [-0.05, 0) is 54.0 Å². The molecule has 0 amide bonds. The fourth-order valence-corrected chi connectivity index (χ4v) is 3.69. The lowest BCUT2D eigenvalue weighted by Crippen LogP contribution is -2.28. The van der Waals surface area contributed by atoms with E-state index in [4.69, 9.17) is 0 Å². The molecule has 0 spiro atoms. The van der Waals surface area contributed by atoms with E-state index in [2.05, 4.69) is 31.3 Å². The Hall–Kier alpha value is -1.44. The molecule has 8 heteroatoms. The summed E-state index contributed by atoms with van der Waals surface area (Å²) in [5.41, 5.74) is 1.48. The Kier molecular flexibility index (Phi) is 4.44. The number of hydrogen-bond acceptors (Lipinski definition) is 3. The van der Waals surface area contributed by atoms with Gasteiger partial charge in [-0.1, -0.05) is 0 Å². The first-order valence-electron chi connectivity index (χ1n) is 7.25. The third kappa shape index (κ3) is 2.66. The molecule has 1 aliphatic rings. The molecule has 3 heterocycles. The van der Waals surface area contributed by atoms with Crippen molar-refractivity contribution in [3.63, 3.8) is 0 Å². The monoisotopic (exact) mass is 400 g/mol. The van der Waals surface area contributed by atoms with Crippen LogP contribution in [0.1, 0.15) is 24.5 Å². The van der Waals surface area contributed by atoms with Gasteiger partial charge < -0.3 is 10.3 Å². The summed E-state index contributed by atoms with van der Waals surface area (Å²) in [5, 5.41) is 8.33. The highest BCUT2D eigenvalue weighted by atomic mass is 79.9. The minimum Gasteiger partial charge on any atom is -0.317 e. The Morgan fingerprint density at radius 1 is 1.30 bits per heavy atom. The van der Waals surface area contributed by atoms with Crippen molar-refractivity contribution >= 4 is 44.9 Å². The average molecular weight is 402 g/mol. The van der Waals surface area contributed by atoms with Crippen LogP contribution in [0.4, 0.5) is 4.39 Å². The second kappa shape index (κ2) is 6.22. The fraction of sp³-hybridized carbons (Fsp3) is 0.333. The molecule has 2 N–H and O–H groups in total. The van der Waals surface area contributed by atoms with Gasteiger partial charge in [0, 0.05) is 16.5 Å². The number of hydrogen-bond donors (Lipinski definition) is 2. The number of aromatic amines is 1. The van der Waals surface area contributed by atoms with E-state index in [-0.39, 0.29) is 35.2 Å². The van der Waals surface area contributed by atoms with E-state index >= 15 is 0 Å². The second-order valence-electron chi connectivity index (χ2n) is 5.60. The minimum atomic E-state index is -0.390. The highest BCUT2D eigenvalue weighted by Crippen LogP contribution is 2.31. The first-order chi connectivity index (χ1) is 10.6. The molecule has 0 saturated carbocycles. The van der Waals surface area contributed by atoms with Crippen molar-refractivity contribution < 1.29 is 4.39 Å². The van der Waals surface area contributed by atoms with Crippen LogP contribution in [-0.2, 0) is 0 Å². The summed E-state index contributed by atoms with van der Waals surface area (Å²) in [7, 11) is 0. The summed E-state index contributed by atoms with van der Waals surface area (Å²) in [4.78, 5) is 14.9. The number of halogens is 3. The van der Waals surface area contributed by atoms with Crippen LogP contribution in [-0.4, -0.2) is 27.7 Å². The van der Waals surface area contributed by atoms with Crippen molar-refractivity contribution in [3.05, 3.63) is 44.5 Å². The zero-order chi connectivity index (χ0) is 15.3. The smallest absolute Gasteiger partial charge is 0.251 e. The minimum absolute atomic E-state index is 0. The maximum absolute atomic E-state index is 14.1. The first-order valence-corrected chi connectivity index (χ1v) is 8.05. The number of H-pyrrole nitrogens is 1. The first kappa shape index (κ1) is 16.4. The van der Waals surface area contributed by atoms with Crippen LogP contribution in [0.25, 0.3) is 16.6 Å². The lowest BCUT2D eigenvalue weighted by atomic mass is 9.94. The summed E-state index contributed by atoms with van der Waals surface area (Å²) in [6, 6.07) is 4.59. The van der Waals surface area contributed by atoms with Crippen molar-refractivity contribution in [2.45, 2.75) is 18.8 Å². The Morgan fingerprint density at radius 3 is 2.78 bits per heavy atom. The molecular formula is C15H15BrClFN4O. The summed E-state index contributed by atoms with van der Waals surface area (Å²) in [6.45, 7) is 1.83. The van der Waals surface area contributed by atoms with E-state index in [0.717, 1.165) is 36.1 Å². The summed E-state index contributed by atoms with van der Waals surface area (Å²) in [6.07, 6.45) is 1.89. The van der Waals surface area contributed by atoms with Crippen LogP contribution in [0.15, 0.2) is 27.5 Å². The summed E-state index contributed by atoms with van der Waals surface area (Å²) in [5.74, 6) is -0.138. The molecule has 0 atom stereocenters. The molecule has 0 radical (unpaired) electrons. The van der Waals surface area contributed by atoms with Crippen LogP contribution in [0.3, 0.4) is 0 Å². The van der Waals surface area contributed by atoms with Gasteiger partial charge in [0.25, 0.3) is 5.56 Å². The Labute approximate surface area is 145 Å². The normalized spacial score (nSPS) is 15.9. The third-order valence-corrected chi connectivity index (χ3v) is 4.91. The predicted octanol–water partition coefficient (Wildman–Crippen LogP) is 2.97. The van der Waals surface area contributed by atoms with Gasteiger partial charge in [0.2, 0.25) is 0 Å². The highest BCUT2D eigenvalue weighted by molar-refractivity contribution is 9.10. The molecule has 3 aromatic rings. The van der Waals surface area contributed by atoms with Crippen LogP contribution in [0, 0.1) is 5.82 Å². The van der Waals surface area contributed by atoms with Crippen molar-refractivity contribution in [3.8, 4) is 0 Å². The molecule has 1 fully saturated rings. The van der Waals surface area contributed by atoms with E-state index in [0.29, 0.717) is 11.0 Å². The number of nitrogens with zero attached hydrogens (tertiary/aromatic N) is 2. The highest BCUT2D eigenvalue weighted by Gasteiger charge is 2.22. The molecule has 1 aromatic carbocycles. The molecule has 5 nitrogen and oxygen atoms in total. The van der Waals surface area contributed by atoms with Crippen LogP contribution in [0.5, 0.6) is 0 Å². The number of benzene rings is 1. The van der Waals surface area contributed by atoms with Gasteiger partial charge in [-0.3, -0.25) is 4.79 Å². The molecule has 2 aromatic heterocycles. The van der Waals surface area contributed by atoms with Crippen LogP contribution in [0.2, 0.25) is 0 Å². The number of fused-ring (bicyclic) bond motifs is 3. The van der Waals surface area contributed by atoms with E-state index in [1.165, 1.54) is 6.07 Å². The lowest BCUT2D eigenvalue weighted by Gasteiger charge is -2.23. The summed E-state index contributed by atoms with van der Waals surface area (Å²) < 4.78 is 16.5. The Morgan fingerprint density at radius 2 is 2.04 bits per heavy atom. The topological polar surface area (TPSA) is 62.2 Å². The van der Waals surface area contributed by atoms with E-state index in [1.807, 2.05) is 0 Å². The van der Waals surface area contributed by atoms with Crippen LogP contribution >= 0.6 is 28.3 Å². The Balaban J connectivity index is 0.00000156. The molecule has 1 saturated heterocycles. The molecular weight excluding hydrogens is 387 g/mol. The number of rotatable bonds is 1. The maximum atomic E-state index is 14.1. The Bertz CT molecular complexity index is 933. The van der Waals surface area contributed by atoms with Gasteiger partial charge in [-0.15, -0.1) is 12.4 Å². The number of aromatic nitrogens is 3. The molecule has 122 valence electrons. The zero-order valence-electron chi connectivity index (χ0n) is 12.1. The van der Waals surface area contributed by atoms with E-state index in [1.54, 1.807) is 16.6 Å². The van der Waals surface area contributed by atoms with E-state index < -0.39 is 0 Å². The van der Waals surface area contributed by atoms with Crippen LogP contribution < -0.4 is 10.9 Å². The van der Waals surface area contributed by atoms with E-state index in [9.17, 15) is 9.18 Å². The maximum Gasteiger partial charge on any atom is 0.251 e. The van der Waals surface area contributed by atoms with Gasteiger partial charge >= 0.3 is 0 Å². The molecule has 4 rings (SSSR count). The number of piperidine rings is 1. The van der Waals surface area contributed by atoms with Gasteiger partial charge in [0.15, 0.2) is 5.82 Å². The fourth-order valence-electron chi connectivity index (χ4n) is 3.18. The van der Waals surface area contributed by atoms with Crippen molar-refractivity contribution in [1.82, 2.24) is 19.9 Å². The van der Waals surface area contributed by atoms with Crippen molar-refractivity contribution in [2.75, 3.05) is 13.1 Å².